The molecule has 2 aromatic carbocycles. The van der Waals surface area contributed by atoms with Crippen molar-refractivity contribution in [3.05, 3.63) is 82.1 Å². The molecule has 0 aliphatic carbocycles. The molecule has 0 spiro atoms. The van der Waals surface area contributed by atoms with Crippen LogP contribution in [0.5, 0.6) is 0 Å². The fourth-order valence-electron chi connectivity index (χ4n) is 2.97. The minimum Gasteiger partial charge on any atom is -0.497 e. The molecular weight excluding hydrogens is 420 g/mol. The zero-order valence-electron chi connectivity index (χ0n) is 17.3. The van der Waals surface area contributed by atoms with Gasteiger partial charge >= 0.3 is 5.97 Å². The first-order valence-corrected chi connectivity index (χ1v) is 9.63. The predicted molar refractivity (Wildman–Crippen MR) is 117 cm³/mol. The van der Waals surface area contributed by atoms with Crippen molar-refractivity contribution in [2.75, 3.05) is 19.5 Å². The van der Waals surface area contributed by atoms with E-state index < -0.39 is 11.9 Å². The Labute approximate surface area is 184 Å². The lowest BCUT2D eigenvalue weighted by Crippen LogP contribution is -2.15. The summed E-state index contributed by atoms with van der Waals surface area (Å²) < 4.78 is 11.6. The molecule has 0 saturated carbocycles. The Bertz CT molecular complexity index is 1160. The number of methoxy groups -OCH3 is 2. The Kier molecular flexibility index (Phi) is 6.71. The van der Waals surface area contributed by atoms with Gasteiger partial charge in [-0.2, -0.15) is 0 Å². The van der Waals surface area contributed by atoms with Crippen molar-refractivity contribution in [2.24, 2.45) is 0 Å². The summed E-state index contributed by atoms with van der Waals surface area (Å²) in [4.78, 5) is 24.9. The lowest BCUT2D eigenvalue weighted by atomic mass is 10.0. The van der Waals surface area contributed by atoms with Crippen LogP contribution in [0.1, 0.15) is 37.7 Å². The van der Waals surface area contributed by atoms with Crippen LogP contribution in [-0.4, -0.2) is 41.1 Å². The van der Waals surface area contributed by atoms with Crippen molar-refractivity contribution in [1.82, 2.24) is 15.0 Å². The number of hydrogen-bond acceptors (Lipinski definition) is 6. The van der Waals surface area contributed by atoms with Gasteiger partial charge in [0.25, 0.3) is 5.91 Å². The summed E-state index contributed by atoms with van der Waals surface area (Å²) >= 11 is 6.03. The van der Waals surface area contributed by atoms with E-state index in [0.29, 0.717) is 34.3 Å². The van der Waals surface area contributed by atoms with E-state index in [-0.39, 0.29) is 11.3 Å². The van der Waals surface area contributed by atoms with Crippen LogP contribution < -0.4 is 5.32 Å². The van der Waals surface area contributed by atoms with Gasteiger partial charge in [0, 0.05) is 16.3 Å². The third-order valence-electron chi connectivity index (χ3n) is 4.65. The molecule has 0 unspecified atom stereocenters. The van der Waals surface area contributed by atoms with Gasteiger partial charge in [0.05, 0.1) is 32.0 Å². The van der Waals surface area contributed by atoms with E-state index in [2.05, 4.69) is 22.2 Å². The van der Waals surface area contributed by atoms with Crippen LogP contribution in [0, 0.1) is 6.92 Å². The summed E-state index contributed by atoms with van der Waals surface area (Å²) in [5, 5.41) is 11.4. The Hall–Kier alpha value is -3.65. The number of hydrogen-bond donors (Lipinski definition) is 1. The van der Waals surface area contributed by atoms with Crippen LogP contribution in [0.3, 0.4) is 0 Å². The lowest BCUT2D eigenvalue weighted by molar-refractivity contribution is 0.0599. The molecule has 0 atom stereocenters. The number of amides is 1. The lowest BCUT2D eigenvalue weighted by Gasteiger charge is -2.12. The fourth-order valence-corrected chi connectivity index (χ4v) is 3.19. The molecule has 3 aromatic rings. The molecular formula is C22H21ClN4O4. The van der Waals surface area contributed by atoms with E-state index in [1.165, 1.54) is 20.3 Å². The molecule has 0 bridgehead atoms. The van der Waals surface area contributed by atoms with Gasteiger partial charge in [-0.05, 0) is 42.8 Å². The number of ether oxygens (including phenoxy) is 2. The molecule has 0 aliphatic rings. The number of halogens is 1. The molecule has 160 valence electrons. The third kappa shape index (κ3) is 4.92. The molecule has 0 saturated heterocycles. The highest BCUT2D eigenvalue weighted by Crippen LogP contribution is 2.24. The van der Waals surface area contributed by atoms with Gasteiger partial charge < -0.3 is 14.8 Å². The van der Waals surface area contributed by atoms with E-state index in [1.807, 2.05) is 18.2 Å². The van der Waals surface area contributed by atoms with Crippen LogP contribution in [0.2, 0.25) is 5.02 Å². The Morgan fingerprint density at radius 2 is 1.90 bits per heavy atom. The molecule has 8 nitrogen and oxygen atoms in total. The topological polar surface area (TPSA) is 95.3 Å². The third-order valence-corrected chi connectivity index (χ3v) is 4.88. The van der Waals surface area contributed by atoms with Crippen molar-refractivity contribution < 1.29 is 19.1 Å². The number of esters is 1. The minimum atomic E-state index is -0.576. The van der Waals surface area contributed by atoms with Crippen LogP contribution in [-0.2, 0) is 16.0 Å². The minimum absolute atomic E-state index is 0.173. The molecule has 1 amide bonds. The second kappa shape index (κ2) is 9.44. The van der Waals surface area contributed by atoms with Gasteiger partial charge in [0.15, 0.2) is 5.69 Å². The average molecular weight is 441 g/mol. The molecule has 0 aliphatic heterocycles. The van der Waals surface area contributed by atoms with E-state index in [9.17, 15) is 9.59 Å². The van der Waals surface area contributed by atoms with Crippen molar-refractivity contribution in [3.63, 3.8) is 0 Å². The maximum Gasteiger partial charge on any atom is 0.338 e. The number of benzene rings is 2. The molecule has 9 heteroatoms. The van der Waals surface area contributed by atoms with Gasteiger partial charge in [0.1, 0.15) is 5.76 Å². The smallest absolute Gasteiger partial charge is 0.338 e. The summed E-state index contributed by atoms with van der Waals surface area (Å²) in [5.74, 6) is -0.727. The highest BCUT2D eigenvalue weighted by atomic mass is 35.5. The predicted octanol–water partition coefficient (Wildman–Crippen LogP) is 3.94. The number of rotatable bonds is 7. The molecule has 1 heterocycles. The standard InChI is InChI=1S/C22H21ClN4O4/c1-13-20(25-26-27(13)12-15-6-5-7-16(23)10-15)21(28)24-17-8-9-18(14(2)30-3)19(11-17)22(29)31-4/h5-11H,2,12H2,1,3-4H3,(H,24,28). The first kappa shape index (κ1) is 22.0. The number of anilines is 1. The summed E-state index contributed by atoms with van der Waals surface area (Å²) in [6.07, 6.45) is 0. The van der Waals surface area contributed by atoms with Crippen molar-refractivity contribution in [1.29, 1.82) is 0 Å². The summed E-state index contributed by atoms with van der Waals surface area (Å²) in [6, 6.07) is 12.1. The quantitative estimate of drug-likeness (QED) is 0.441. The second-order valence-electron chi connectivity index (χ2n) is 6.64. The van der Waals surface area contributed by atoms with E-state index >= 15 is 0 Å². The number of nitrogens with one attached hydrogen (secondary N) is 1. The monoisotopic (exact) mass is 440 g/mol. The van der Waals surface area contributed by atoms with Gasteiger partial charge in [-0.3, -0.25) is 4.79 Å². The maximum absolute atomic E-state index is 12.8. The van der Waals surface area contributed by atoms with Gasteiger partial charge in [-0.15, -0.1) is 5.10 Å². The van der Waals surface area contributed by atoms with Crippen molar-refractivity contribution in [3.8, 4) is 0 Å². The van der Waals surface area contributed by atoms with Crippen LogP contribution in [0.4, 0.5) is 5.69 Å². The van der Waals surface area contributed by atoms with E-state index in [0.717, 1.165) is 5.56 Å². The summed E-state index contributed by atoms with van der Waals surface area (Å²) in [5.41, 5.74) is 2.78. The van der Waals surface area contributed by atoms with Crippen LogP contribution in [0.25, 0.3) is 5.76 Å². The summed E-state index contributed by atoms with van der Waals surface area (Å²) in [6.45, 7) is 5.95. The normalized spacial score (nSPS) is 10.5. The van der Waals surface area contributed by atoms with Crippen LogP contribution >= 0.6 is 11.6 Å². The zero-order chi connectivity index (χ0) is 22.5. The number of nitrogens with zero attached hydrogens (tertiary/aromatic N) is 3. The largest absolute Gasteiger partial charge is 0.497 e. The number of carbonyl (C=O) groups is 2. The number of carbonyl (C=O) groups excluding carboxylic acids is 2. The maximum atomic E-state index is 12.8. The zero-order valence-corrected chi connectivity index (χ0v) is 18.1. The van der Waals surface area contributed by atoms with Gasteiger partial charge in [-0.25, -0.2) is 9.48 Å². The second-order valence-corrected chi connectivity index (χ2v) is 7.08. The Morgan fingerprint density at radius 1 is 1.13 bits per heavy atom. The molecule has 0 fully saturated rings. The molecule has 1 aromatic heterocycles. The summed E-state index contributed by atoms with van der Waals surface area (Å²) in [7, 11) is 2.73. The Balaban J connectivity index is 1.82. The van der Waals surface area contributed by atoms with E-state index in [1.54, 1.807) is 29.8 Å². The highest BCUT2D eigenvalue weighted by molar-refractivity contribution is 6.30. The van der Waals surface area contributed by atoms with Crippen LogP contribution in [0.15, 0.2) is 49.0 Å². The number of aromatic nitrogens is 3. The fraction of sp³-hybridized carbons (Fsp3) is 0.182. The van der Waals surface area contributed by atoms with Gasteiger partial charge in [0.2, 0.25) is 0 Å². The SMILES string of the molecule is C=C(OC)c1ccc(NC(=O)c2nnn(Cc3cccc(Cl)c3)c2C)cc1C(=O)OC. The molecule has 31 heavy (non-hydrogen) atoms. The molecule has 0 radical (unpaired) electrons. The van der Waals surface area contributed by atoms with E-state index in [4.69, 9.17) is 21.1 Å². The first-order valence-electron chi connectivity index (χ1n) is 9.25. The van der Waals surface area contributed by atoms with Gasteiger partial charge in [-0.1, -0.05) is 35.5 Å². The molecule has 1 N–H and O–H groups in total. The molecule has 3 rings (SSSR count). The Morgan fingerprint density at radius 3 is 2.58 bits per heavy atom. The first-order chi connectivity index (χ1) is 14.8. The van der Waals surface area contributed by atoms with Crippen molar-refractivity contribution >= 4 is 34.9 Å². The highest BCUT2D eigenvalue weighted by Gasteiger charge is 2.20. The average Bonchev–Trinajstić information content (AvgIpc) is 3.12. The van der Waals surface area contributed by atoms with Crippen molar-refractivity contribution in [2.45, 2.75) is 13.5 Å².